The number of nitrogens with two attached hydrogens (primary N) is 1. The number of hydrogen-bond donors (Lipinski definition) is 1. The molecule has 0 amide bonds. The van der Waals surface area contributed by atoms with Crippen LogP contribution >= 0.6 is 15.9 Å². The van der Waals surface area contributed by atoms with Crippen molar-refractivity contribution in [2.75, 3.05) is 0 Å². The Morgan fingerprint density at radius 3 is 2.81 bits per heavy atom. The molecule has 21 heavy (non-hydrogen) atoms. The molecule has 0 saturated heterocycles. The van der Waals surface area contributed by atoms with E-state index in [-0.39, 0.29) is 12.4 Å². The average Bonchev–Trinajstić information content (AvgIpc) is 2.85. The molecule has 0 radical (unpaired) electrons. The predicted octanol–water partition coefficient (Wildman–Crippen LogP) is 4.37. The summed E-state index contributed by atoms with van der Waals surface area (Å²) in [5.41, 5.74) is 7.43. The van der Waals surface area contributed by atoms with Crippen molar-refractivity contribution in [2.45, 2.75) is 13.2 Å². The number of halogens is 2. The van der Waals surface area contributed by atoms with Gasteiger partial charge in [0, 0.05) is 22.0 Å². The Morgan fingerprint density at radius 1 is 1.19 bits per heavy atom. The molecule has 3 aromatic rings. The van der Waals surface area contributed by atoms with Gasteiger partial charge in [0.15, 0.2) is 11.6 Å². The van der Waals surface area contributed by atoms with Crippen LogP contribution < -0.4 is 10.5 Å². The third kappa shape index (κ3) is 2.80. The first-order chi connectivity index (χ1) is 10.2. The molecule has 0 atom stereocenters. The van der Waals surface area contributed by atoms with Gasteiger partial charge in [-0.05, 0) is 24.3 Å². The minimum Gasteiger partial charge on any atom is -0.483 e. The first kappa shape index (κ1) is 14.1. The largest absolute Gasteiger partial charge is 0.483 e. The summed E-state index contributed by atoms with van der Waals surface area (Å²) in [5.74, 6) is 0.384. The topological polar surface area (TPSA) is 48.4 Å². The SMILES string of the molecule is NCc1c(COc2cc(Br)ccc2F)oc2ccccc12. The van der Waals surface area contributed by atoms with Crippen molar-refractivity contribution in [3.8, 4) is 5.75 Å². The van der Waals surface area contributed by atoms with Gasteiger partial charge in [-0.2, -0.15) is 0 Å². The van der Waals surface area contributed by atoms with E-state index in [0.29, 0.717) is 12.3 Å². The Labute approximate surface area is 129 Å². The fourth-order valence-electron chi connectivity index (χ4n) is 2.22. The monoisotopic (exact) mass is 349 g/mol. The molecule has 2 N–H and O–H groups in total. The number of para-hydroxylation sites is 1. The summed E-state index contributed by atoms with van der Waals surface area (Å²) in [5, 5.41) is 0.966. The lowest BCUT2D eigenvalue weighted by Gasteiger charge is -2.07. The summed E-state index contributed by atoms with van der Waals surface area (Å²) in [4.78, 5) is 0. The maximum absolute atomic E-state index is 13.7. The van der Waals surface area contributed by atoms with Crippen LogP contribution in [0.25, 0.3) is 11.0 Å². The summed E-state index contributed by atoms with van der Waals surface area (Å²) >= 11 is 3.29. The number of benzene rings is 2. The Kier molecular flexibility index (Phi) is 3.94. The van der Waals surface area contributed by atoms with Gasteiger partial charge >= 0.3 is 0 Å². The summed E-state index contributed by atoms with van der Waals surface area (Å²) in [6.45, 7) is 0.477. The summed E-state index contributed by atoms with van der Waals surface area (Å²) in [6, 6.07) is 12.2. The van der Waals surface area contributed by atoms with Crippen LogP contribution in [0.15, 0.2) is 51.4 Å². The Bertz CT molecular complexity index is 785. The number of rotatable bonds is 4. The highest BCUT2D eigenvalue weighted by atomic mass is 79.9. The smallest absolute Gasteiger partial charge is 0.165 e. The maximum Gasteiger partial charge on any atom is 0.165 e. The summed E-state index contributed by atoms with van der Waals surface area (Å²) < 4.78 is 25.7. The maximum atomic E-state index is 13.7. The fourth-order valence-corrected chi connectivity index (χ4v) is 2.56. The predicted molar refractivity (Wildman–Crippen MR) is 82.5 cm³/mol. The second-order valence-corrected chi connectivity index (χ2v) is 5.48. The molecule has 3 nitrogen and oxygen atoms in total. The van der Waals surface area contributed by atoms with Gasteiger partial charge in [0.1, 0.15) is 18.0 Å². The van der Waals surface area contributed by atoms with Crippen molar-refractivity contribution in [1.29, 1.82) is 0 Å². The van der Waals surface area contributed by atoms with Gasteiger partial charge in [-0.1, -0.05) is 34.1 Å². The van der Waals surface area contributed by atoms with Crippen molar-refractivity contribution in [3.05, 3.63) is 64.1 Å². The fraction of sp³-hybridized carbons (Fsp3) is 0.125. The van der Waals surface area contributed by atoms with E-state index in [1.807, 2.05) is 24.3 Å². The molecule has 3 rings (SSSR count). The first-order valence-electron chi connectivity index (χ1n) is 6.46. The Morgan fingerprint density at radius 2 is 2.00 bits per heavy atom. The number of ether oxygens (including phenoxy) is 1. The van der Waals surface area contributed by atoms with Gasteiger partial charge in [0.05, 0.1) is 0 Å². The zero-order valence-electron chi connectivity index (χ0n) is 11.1. The molecule has 1 heterocycles. The molecule has 0 spiro atoms. The van der Waals surface area contributed by atoms with Crippen LogP contribution in [0.1, 0.15) is 11.3 Å². The van der Waals surface area contributed by atoms with Crippen molar-refractivity contribution in [1.82, 2.24) is 0 Å². The van der Waals surface area contributed by atoms with E-state index in [0.717, 1.165) is 21.0 Å². The quantitative estimate of drug-likeness (QED) is 0.760. The molecule has 0 saturated carbocycles. The molecule has 2 aromatic carbocycles. The van der Waals surface area contributed by atoms with Crippen LogP contribution in [0.2, 0.25) is 0 Å². The third-order valence-electron chi connectivity index (χ3n) is 3.24. The van der Waals surface area contributed by atoms with Crippen molar-refractivity contribution >= 4 is 26.9 Å². The Balaban J connectivity index is 1.89. The van der Waals surface area contributed by atoms with Crippen LogP contribution in [0.4, 0.5) is 4.39 Å². The standard InChI is InChI=1S/C16H13BrFNO2/c17-10-5-6-13(18)15(7-10)20-9-16-12(8-19)11-3-1-2-4-14(11)21-16/h1-7H,8-9,19H2. The zero-order chi connectivity index (χ0) is 14.8. The second-order valence-electron chi connectivity index (χ2n) is 4.57. The molecule has 0 fully saturated rings. The molecule has 1 aromatic heterocycles. The van der Waals surface area contributed by atoms with Crippen LogP contribution in [-0.4, -0.2) is 0 Å². The number of hydrogen-bond acceptors (Lipinski definition) is 3. The van der Waals surface area contributed by atoms with E-state index in [1.165, 1.54) is 6.07 Å². The molecular weight excluding hydrogens is 337 g/mol. The van der Waals surface area contributed by atoms with Crippen LogP contribution in [-0.2, 0) is 13.2 Å². The lowest BCUT2D eigenvalue weighted by atomic mass is 10.1. The first-order valence-corrected chi connectivity index (χ1v) is 7.25. The van der Waals surface area contributed by atoms with E-state index in [1.54, 1.807) is 12.1 Å². The highest BCUT2D eigenvalue weighted by Crippen LogP contribution is 2.28. The minimum absolute atomic E-state index is 0.134. The van der Waals surface area contributed by atoms with Gasteiger partial charge in [-0.25, -0.2) is 4.39 Å². The van der Waals surface area contributed by atoms with Gasteiger partial charge < -0.3 is 14.9 Å². The van der Waals surface area contributed by atoms with Crippen molar-refractivity contribution < 1.29 is 13.5 Å². The van der Waals surface area contributed by atoms with Crippen LogP contribution in [0.5, 0.6) is 5.75 Å². The highest BCUT2D eigenvalue weighted by Gasteiger charge is 2.14. The van der Waals surface area contributed by atoms with Gasteiger partial charge in [0.2, 0.25) is 0 Å². The van der Waals surface area contributed by atoms with Crippen molar-refractivity contribution in [3.63, 3.8) is 0 Å². The molecule has 0 aliphatic carbocycles. The van der Waals surface area contributed by atoms with Crippen molar-refractivity contribution in [2.24, 2.45) is 5.73 Å². The van der Waals surface area contributed by atoms with E-state index >= 15 is 0 Å². The van der Waals surface area contributed by atoms with E-state index < -0.39 is 5.82 Å². The molecule has 0 bridgehead atoms. The second kappa shape index (κ2) is 5.87. The van der Waals surface area contributed by atoms with E-state index in [4.69, 9.17) is 14.9 Å². The van der Waals surface area contributed by atoms with Gasteiger partial charge in [0.25, 0.3) is 0 Å². The molecular formula is C16H13BrFNO2. The third-order valence-corrected chi connectivity index (χ3v) is 3.73. The lowest BCUT2D eigenvalue weighted by Crippen LogP contribution is -2.03. The van der Waals surface area contributed by atoms with E-state index in [9.17, 15) is 4.39 Å². The van der Waals surface area contributed by atoms with E-state index in [2.05, 4.69) is 15.9 Å². The average molecular weight is 350 g/mol. The summed E-state index contributed by atoms with van der Waals surface area (Å²) in [7, 11) is 0. The van der Waals surface area contributed by atoms with Crippen LogP contribution in [0, 0.1) is 5.82 Å². The van der Waals surface area contributed by atoms with Gasteiger partial charge in [-0.15, -0.1) is 0 Å². The molecule has 0 unspecified atom stereocenters. The number of furan rings is 1. The normalized spacial score (nSPS) is 11.0. The molecule has 108 valence electrons. The minimum atomic E-state index is -0.413. The highest BCUT2D eigenvalue weighted by molar-refractivity contribution is 9.10. The summed E-state index contributed by atoms with van der Waals surface area (Å²) in [6.07, 6.45) is 0. The van der Waals surface area contributed by atoms with Gasteiger partial charge in [-0.3, -0.25) is 0 Å². The molecule has 5 heteroatoms. The zero-order valence-corrected chi connectivity index (χ0v) is 12.7. The molecule has 0 aliphatic heterocycles. The Hall–Kier alpha value is -1.85. The number of fused-ring (bicyclic) bond motifs is 1. The lowest BCUT2D eigenvalue weighted by molar-refractivity contribution is 0.260. The van der Waals surface area contributed by atoms with Crippen LogP contribution in [0.3, 0.4) is 0 Å². The molecule has 0 aliphatic rings.